The highest BCUT2D eigenvalue weighted by atomic mass is 19.4. The number of carbonyl (C=O) groups excluding carboxylic acids is 1. The first kappa shape index (κ1) is 24.0. The van der Waals surface area contributed by atoms with E-state index in [1.165, 1.54) is 0 Å². The van der Waals surface area contributed by atoms with Crippen molar-refractivity contribution in [2.24, 2.45) is 0 Å². The molecule has 0 bridgehead atoms. The molecule has 1 saturated heterocycles. The molecule has 0 aromatic heterocycles. The smallest absolute Gasteiger partial charge is 0.445 e. The summed E-state index contributed by atoms with van der Waals surface area (Å²) in [6, 6.07) is 18.6. The van der Waals surface area contributed by atoms with E-state index < -0.39 is 25.2 Å². The van der Waals surface area contributed by atoms with Crippen molar-refractivity contribution in [2.45, 2.75) is 25.7 Å². The summed E-state index contributed by atoms with van der Waals surface area (Å²) in [4.78, 5) is 15.9. The van der Waals surface area contributed by atoms with Crippen LogP contribution in [0.4, 0.5) is 18.0 Å². The number of hydrogen-bond donors (Lipinski definition) is 0. The highest BCUT2D eigenvalue weighted by Gasteiger charge is 2.32. The molecule has 0 N–H and O–H groups in total. The number of amides is 1. The Morgan fingerprint density at radius 2 is 1.44 bits per heavy atom. The Bertz CT molecular complexity index is 813. The van der Waals surface area contributed by atoms with Gasteiger partial charge in [0.2, 0.25) is 0 Å². The van der Waals surface area contributed by atoms with Crippen molar-refractivity contribution in [3.8, 4) is 0 Å². The van der Waals surface area contributed by atoms with E-state index in [-0.39, 0.29) is 19.8 Å². The molecule has 1 atom stereocenters. The Hall–Kier alpha value is -2.62. The molecule has 1 aliphatic rings. The van der Waals surface area contributed by atoms with Crippen LogP contribution in [0.15, 0.2) is 60.7 Å². The molecule has 32 heavy (non-hydrogen) atoms. The molecule has 2 aromatic carbocycles. The van der Waals surface area contributed by atoms with Crippen molar-refractivity contribution in [1.29, 1.82) is 0 Å². The molecule has 0 spiro atoms. The third-order valence-corrected chi connectivity index (χ3v) is 5.06. The standard InChI is InChI=1S/C23H27F3N2O4/c24-23(25,26)32-18-21(30-16-19-7-3-1-4-8-19)15-27-11-13-28(14-12-27)22(29)31-17-20-9-5-2-6-10-20/h1-10,21H,11-18H2. The largest absolute Gasteiger partial charge is 0.522 e. The van der Waals surface area contributed by atoms with Gasteiger partial charge in [0.25, 0.3) is 0 Å². The van der Waals surface area contributed by atoms with Crippen molar-refractivity contribution in [1.82, 2.24) is 9.80 Å². The molecule has 0 radical (unpaired) electrons. The minimum Gasteiger partial charge on any atom is -0.445 e. The molecule has 0 saturated carbocycles. The van der Waals surface area contributed by atoms with Crippen molar-refractivity contribution in [3.63, 3.8) is 0 Å². The van der Waals surface area contributed by atoms with E-state index in [1.54, 1.807) is 4.90 Å². The number of rotatable bonds is 9. The van der Waals surface area contributed by atoms with E-state index >= 15 is 0 Å². The highest BCUT2D eigenvalue weighted by Crippen LogP contribution is 2.18. The maximum absolute atomic E-state index is 12.5. The van der Waals surface area contributed by atoms with Gasteiger partial charge in [-0.2, -0.15) is 0 Å². The first-order chi connectivity index (χ1) is 15.4. The van der Waals surface area contributed by atoms with Gasteiger partial charge >= 0.3 is 12.5 Å². The summed E-state index contributed by atoms with van der Waals surface area (Å²) in [7, 11) is 0. The maximum atomic E-state index is 12.5. The van der Waals surface area contributed by atoms with Gasteiger partial charge in [0, 0.05) is 32.7 Å². The fourth-order valence-corrected chi connectivity index (χ4v) is 3.34. The first-order valence-corrected chi connectivity index (χ1v) is 10.4. The monoisotopic (exact) mass is 452 g/mol. The van der Waals surface area contributed by atoms with Crippen LogP contribution in [-0.2, 0) is 27.4 Å². The summed E-state index contributed by atoms with van der Waals surface area (Å²) < 4.78 is 52.7. The third-order valence-electron chi connectivity index (χ3n) is 5.06. The molecule has 6 nitrogen and oxygen atoms in total. The van der Waals surface area contributed by atoms with Crippen LogP contribution in [0, 0.1) is 0 Å². The lowest BCUT2D eigenvalue weighted by molar-refractivity contribution is -0.332. The Labute approximate surface area is 185 Å². The van der Waals surface area contributed by atoms with Gasteiger partial charge in [-0.15, -0.1) is 13.2 Å². The van der Waals surface area contributed by atoms with E-state index in [2.05, 4.69) is 4.74 Å². The highest BCUT2D eigenvalue weighted by molar-refractivity contribution is 5.67. The second-order valence-corrected chi connectivity index (χ2v) is 7.50. The number of piperazine rings is 1. The predicted molar refractivity (Wildman–Crippen MR) is 112 cm³/mol. The van der Waals surface area contributed by atoms with E-state index in [9.17, 15) is 18.0 Å². The Morgan fingerprint density at radius 3 is 2.00 bits per heavy atom. The van der Waals surface area contributed by atoms with Gasteiger partial charge in [-0.25, -0.2) is 4.79 Å². The summed E-state index contributed by atoms with van der Waals surface area (Å²) >= 11 is 0. The van der Waals surface area contributed by atoms with E-state index in [0.717, 1.165) is 11.1 Å². The van der Waals surface area contributed by atoms with E-state index in [0.29, 0.717) is 26.2 Å². The SMILES string of the molecule is O=C(OCc1ccccc1)N1CCN(CC(COC(F)(F)F)OCc2ccccc2)CC1. The summed E-state index contributed by atoms with van der Waals surface area (Å²) in [5.41, 5.74) is 1.78. The maximum Gasteiger partial charge on any atom is 0.522 e. The van der Waals surface area contributed by atoms with Crippen LogP contribution in [0.3, 0.4) is 0 Å². The fraction of sp³-hybridized carbons (Fsp3) is 0.435. The molecule has 1 unspecified atom stereocenters. The topological polar surface area (TPSA) is 51.2 Å². The first-order valence-electron chi connectivity index (χ1n) is 10.4. The average Bonchev–Trinajstić information content (AvgIpc) is 2.80. The molecule has 1 fully saturated rings. The minimum atomic E-state index is -4.71. The van der Waals surface area contributed by atoms with Crippen molar-refractivity contribution >= 4 is 6.09 Å². The lowest BCUT2D eigenvalue weighted by atomic mass is 10.2. The Balaban J connectivity index is 1.45. The van der Waals surface area contributed by atoms with E-state index in [1.807, 2.05) is 65.6 Å². The average molecular weight is 452 g/mol. The quantitative estimate of drug-likeness (QED) is 0.574. The molecule has 174 valence electrons. The third kappa shape index (κ3) is 8.49. The number of hydrogen-bond acceptors (Lipinski definition) is 5. The van der Waals surface area contributed by atoms with Crippen LogP contribution in [-0.4, -0.2) is 67.7 Å². The summed E-state index contributed by atoms with van der Waals surface area (Å²) in [5, 5.41) is 0. The summed E-state index contributed by atoms with van der Waals surface area (Å²) in [6.45, 7) is 1.96. The Kier molecular flexibility index (Phi) is 8.90. The van der Waals surface area contributed by atoms with Crippen LogP contribution in [0.5, 0.6) is 0 Å². The lowest BCUT2D eigenvalue weighted by Gasteiger charge is -2.35. The zero-order valence-electron chi connectivity index (χ0n) is 17.7. The lowest BCUT2D eigenvalue weighted by Crippen LogP contribution is -2.51. The van der Waals surface area contributed by atoms with Crippen molar-refractivity contribution in [3.05, 3.63) is 71.8 Å². The minimum absolute atomic E-state index is 0.193. The number of ether oxygens (including phenoxy) is 3. The molecular weight excluding hydrogens is 425 g/mol. The second kappa shape index (κ2) is 11.8. The molecule has 1 aliphatic heterocycles. The Morgan fingerprint density at radius 1 is 0.875 bits per heavy atom. The van der Waals surface area contributed by atoms with Crippen LogP contribution in [0.25, 0.3) is 0 Å². The van der Waals surface area contributed by atoms with Crippen LogP contribution >= 0.6 is 0 Å². The zero-order valence-corrected chi connectivity index (χ0v) is 17.7. The van der Waals surface area contributed by atoms with Gasteiger partial charge in [0.1, 0.15) is 6.61 Å². The normalized spacial score (nSPS) is 16.0. The van der Waals surface area contributed by atoms with E-state index in [4.69, 9.17) is 9.47 Å². The fourth-order valence-electron chi connectivity index (χ4n) is 3.34. The van der Waals surface area contributed by atoms with Crippen LogP contribution in [0.2, 0.25) is 0 Å². The number of halogens is 3. The van der Waals surface area contributed by atoms with Crippen LogP contribution in [0.1, 0.15) is 11.1 Å². The summed E-state index contributed by atoms with van der Waals surface area (Å²) in [5.74, 6) is 0. The zero-order chi connectivity index (χ0) is 22.8. The number of benzene rings is 2. The molecule has 0 aliphatic carbocycles. The molecular formula is C23H27F3N2O4. The molecule has 1 heterocycles. The predicted octanol–water partition coefficient (Wildman–Crippen LogP) is 4.06. The van der Waals surface area contributed by atoms with Gasteiger partial charge in [0.15, 0.2) is 0 Å². The molecule has 2 aromatic rings. The van der Waals surface area contributed by atoms with Crippen LogP contribution < -0.4 is 0 Å². The van der Waals surface area contributed by atoms with Crippen molar-refractivity contribution in [2.75, 3.05) is 39.3 Å². The van der Waals surface area contributed by atoms with Gasteiger partial charge < -0.3 is 14.4 Å². The number of nitrogens with zero attached hydrogens (tertiary/aromatic N) is 2. The molecule has 3 rings (SSSR count). The van der Waals surface area contributed by atoms with Gasteiger partial charge in [-0.1, -0.05) is 60.7 Å². The summed E-state index contributed by atoms with van der Waals surface area (Å²) in [6.07, 6.45) is -5.87. The van der Waals surface area contributed by atoms with Crippen molar-refractivity contribution < 1.29 is 32.2 Å². The number of alkyl halides is 3. The molecule has 9 heteroatoms. The second-order valence-electron chi connectivity index (χ2n) is 7.50. The molecule has 1 amide bonds. The number of carbonyl (C=O) groups is 1. The van der Waals surface area contributed by atoms with Gasteiger partial charge in [-0.05, 0) is 11.1 Å². The van der Waals surface area contributed by atoms with Gasteiger partial charge in [0.05, 0.1) is 19.3 Å². The van der Waals surface area contributed by atoms with Gasteiger partial charge in [-0.3, -0.25) is 9.64 Å².